The van der Waals surface area contributed by atoms with E-state index < -0.39 is 35.5 Å². The molecule has 1 fully saturated rings. The number of hydrogen-bond donors (Lipinski definition) is 4. The molecule has 1 aliphatic carbocycles. The molecule has 3 rings (SSSR count). The van der Waals surface area contributed by atoms with Gasteiger partial charge in [0, 0.05) is 21.0 Å². The Bertz CT molecular complexity index is 1010. The van der Waals surface area contributed by atoms with E-state index in [9.17, 15) is 23.1 Å². The van der Waals surface area contributed by atoms with Crippen LogP contribution in [-0.2, 0) is 5.92 Å². The van der Waals surface area contributed by atoms with Crippen LogP contribution < -0.4 is 15.8 Å². The minimum atomic E-state index is -3.30. The topological polar surface area (TPSA) is 105 Å². The van der Waals surface area contributed by atoms with Gasteiger partial charge in [-0.05, 0) is 36.5 Å². The highest BCUT2D eigenvalue weighted by Gasteiger charge is 2.35. The Balaban J connectivity index is 2.05. The van der Waals surface area contributed by atoms with Gasteiger partial charge in [-0.15, -0.1) is 0 Å². The molecule has 7 nitrogen and oxygen atoms in total. The van der Waals surface area contributed by atoms with Gasteiger partial charge in [0.25, 0.3) is 11.5 Å². The lowest BCUT2D eigenvalue weighted by molar-refractivity contribution is 0.0137. The lowest BCUT2D eigenvalue weighted by atomic mass is 9.98. The summed E-state index contributed by atoms with van der Waals surface area (Å²) in [6.45, 7) is -0.0266. The molecule has 10 heteroatoms. The molecule has 1 heterocycles. The van der Waals surface area contributed by atoms with Crippen molar-refractivity contribution >= 4 is 17.5 Å². The molecule has 1 aliphatic rings. The number of nitrogens with one attached hydrogen (secondary N) is 3. The van der Waals surface area contributed by atoms with Crippen molar-refractivity contribution < 1.29 is 18.3 Å². The number of rotatable bonds is 8. The van der Waals surface area contributed by atoms with Crippen molar-refractivity contribution in [1.29, 1.82) is 5.41 Å². The highest BCUT2D eigenvalue weighted by molar-refractivity contribution is 6.02. The first-order valence-corrected chi connectivity index (χ1v) is 9.47. The summed E-state index contributed by atoms with van der Waals surface area (Å²) < 4.78 is 41.5. The molecule has 1 unspecified atom stereocenters. The van der Waals surface area contributed by atoms with Gasteiger partial charge in [0.15, 0.2) is 0 Å². The predicted molar refractivity (Wildman–Crippen MR) is 108 cm³/mol. The first-order valence-electron chi connectivity index (χ1n) is 9.47. The zero-order valence-corrected chi connectivity index (χ0v) is 16.9. The van der Waals surface area contributed by atoms with E-state index in [1.165, 1.54) is 6.07 Å². The third-order valence-electron chi connectivity index (χ3n) is 5.00. The summed E-state index contributed by atoms with van der Waals surface area (Å²) in [6, 6.07) is 3.07. The average Bonchev–Trinajstić information content (AvgIpc) is 3.49. The molecular formula is C20H24F3N5O2. The van der Waals surface area contributed by atoms with Crippen molar-refractivity contribution in [2.75, 3.05) is 30.9 Å². The summed E-state index contributed by atoms with van der Waals surface area (Å²) in [4.78, 5) is 21.0. The van der Waals surface area contributed by atoms with E-state index in [1.54, 1.807) is 19.0 Å². The average molecular weight is 423 g/mol. The predicted octanol–water partition coefficient (Wildman–Crippen LogP) is 3.01. The van der Waals surface area contributed by atoms with E-state index >= 15 is 0 Å². The van der Waals surface area contributed by atoms with Crippen LogP contribution in [0.25, 0.3) is 0 Å². The number of aromatic nitrogens is 2. The summed E-state index contributed by atoms with van der Waals surface area (Å²) in [7, 11) is 3.35. The van der Waals surface area contributed by atoms with Crippen LogP contribution in [0.1, 0.15) is 42.5 Å². The van der Waals surface area contributed by atoms with E-state index in [2.05, 4.69) is 15.3 Å². The Morgan fingerprint density at radius 3 is 2.60 bits per heavy atom. The summed E-state index contributed by atoms with van der Waals surface area (Å²) in [5.41, 5.74) is -1.29. The summed E-state index contributed by atoms with van der Waals surface area (Å²) in [6.07, 6.45) is 1.67. The fourth-order valence-corrected chi connectivity index (χ4v) is 3.27. The van der Waals surface area contributed by atoms with Gasteiger partial charge in [-0.3, -0.25) is 9.78 Å². The number of aromatic amines is 1. The van der Waals surface area contributed by atoms with E-state index in [0.717, 1.165) is 25.0 Å². The van der Waals surface area contributed by atoms with Gasteiger partial charge < -0.3 is 20.7 Å². The van der Waals surface area contributed by atoms with E-state index in [4.69, 9.17) is 5.41 Å². The summed E-state index contributed by atoms with van der Waals surface area (Å²) >= 11 is 0. The molecule has 1 atom stereocenters. The smallest absolute Gasteiger partial charge is 0.273 e. The summed E-state index contributed by atoms with van der Waals surface area (Å²) in [5, 5.41) is 20.4. The quantitative estimate of drug-likeness (QED) is 0.489. The van der Waals surface area contributed by atoms with Crippen LogP contribution in [-0.4, -0.2) is 41.5 Å². The van der Waals surface area contributed by atoms with Crippen LogP contribution >= 0.6 is 0 Å². The second-order valence-electron chi connectivity index (χ2n) is 7.73. The minimum absolute atomic E-state index is 0.0729. The van der Waals surface area contributed by atoms with E-state index in [0.29, 0.717) is 12.5 Å². The van der Waals surface area contributed by atoms with Crippen molar-refractivity contribution in [3.8, 4) is 0 Å². The first kappa shape index (κ1) is 21.8. The van der Waals surface area contributed by atoms with Gasteiger partial charge in [0.2, 0.25) is 5.95 Å². The van der Waals surface area contributed by atoms with Gasteiger partial charge in [-0.25, -0.2) is 13.2 Å². The van der Waals surface area contributed by atoms with Gasteiger partial charge >= 0.3 is 0 Å². The number of aliphatic hydroxyl groups excluding tert-OH is 1. The molecule has 2 aromatic rings. The zero-order valence-electron chi connectivity index (χ0n) is 16.9. The van der Waals surface area contributed by atoms with Crippen molar-refractivity contribution in [2.24, 2.45) is 5.92 Å². The van der Waals surface area contributed by atoms with Crippen LogP contribution in [0.3, 0.4) is 0 Å². The Kier molecular flexibility index (Phi) is 5.89. The maximum Gasteiger partial charge on any atom is 0.273 e. The molecule has 0 saturated heterocycles. The second kappa shape index (κ2) is 8.10. The molecule has 1 aromatic heterocycles. The maximum atomic E-state index is 14.4. The van der Waals surface area contributed by atoms with E-state index in [1.807, 2.05) is 0 Å². The zero-order chi connectivity index (χ0) is 22.2. The molecule has 30 heavy (non-hydrogen) atoms. The fraction of sp³-hybridized carbons (Fsp3) is 0.450. The first-order chi connectivity index (χ1) is 14.0. The number of benzene rings is 1. The number of aliphatic hydroxyl groups is 1. The summed E-state index contributed by atoms with van der Waals surface area (Å²) in [5.74, 6) is -3.91. The monoisotopic (exact) mass is 423 g/mol. The molecule has 0 amide bonds. The van der Waals surface area contributed by atoms with Crippen LogP contribution in [0.2, 0.25) is 0 Å². The normalized spacial score (nSPS) is 15.0. The number of alkyl halides is 2. The van der Waals surface area contributed by atoms with Crippen LogP contribution in [0.4, 0.5) is 24.9 Å². The van der Waals surface area contributed by atoms with Crippen molar-refractivity contribution in [2.45, 2.75) is 31.7 Å². The molecule has 0 bridgehead atoms. The lowest BCUT2D eigenvalue weighted by Gasteiger charge is -2.23. The van der Waals surface area contributed by atoms with Crippen molar-refractivity contribution in [3.05, 3.63) is 51.1 Å². The standard InChI is InChI=1S/C20H24F3N5O2/c1-20(22,23)12-7-6-11(8-13(12)21)16(10-4-5-10)25-17-15(14(24)9-29)18(30)27-19(26-17)28(2)3/h6-8,10,16,24,29H,4-5,9H2,1-3H3,(H2,25,26,27,30). The molecule has 1 aromatic carbocycles. The largest absolute Gasteiger partial charge is 0.390 e. The second-order valence-corrected chi connectivity index (χ2v) is 7.73. The highest BCUT2D eigenvalue weighted by Crippen LogP contribution is 2.44. The molecule has 1 saturated carbocycles. The van der Waals surface area contributed by atoms with Crippen LogP contribution in [0.5, 0.6) is 0 Å². The Labute approximate surface area is 171 Å². The maximum absolute atomic E-state index is 14.4. The van der Waals surface area contributed by atoms with Gasteiger partial charge in [-0.1, -0.05) is 6.07 Å². The van der Waals surface area contributed by atoms with Crippen LogP contribution in [0.15, 0.2) is 23.0 Å². The number of halogens is 3. The Morgan fingerprint density at radius 1 is 1.43 bits per heavy atom. The van der Waals surface area contributed by atoms with Crippen molar-refractivity contribution in [3.63, 3.8) is 0 Å². The molecule has 0 radical (unpaired) electrons. The third kappa shape index (κ3) is 4.48. The van der Waals surface area contributed by atoms with E-state index in [-0.39, 0.29) is 29.0 Å². The van der Waals surface area contributed by atoms with Gasteiger partial charge in [0.05, 0.1) is 23.9 Å². The van der Waals surface area contributed by atoms with Gasteiger partial charge in [-0.2, -0.15) is 4.98 Å². The Morgan fingerprint density at radius 2 is 2.10 bits per heavy atom. The number of hydrogen-bond acceptors (Lipinski definition) is 6. The molecule has 4 N–H and O–H groups in total. The SMILES string of the molecule is CN(C)c1nc(NC(c2ccc(C(C)(F)F)c(F)c2)C2CC2)c(C(=N)CO)c(=O)[nH]1. The lowest BCUT2D eigenvalue weighted by Crippen LogP contribution is -2.28. The Hall–Kier alpha value is -2.88. The fourth-order valence-electron chi connectivity index (χ4n) is 3.27. The third-order valence-corrected chi connectivity index (χ3v) is 5.00. The molecule has 0 aliphatic heterocycles. The van der Waals surface area contributed by atoms with Gasteiger partial charge in [0.1, 0.15) is 17.2 Å². The molecular weight excluding hydrogens is 399 g/mol. The molecule has 162 valence electrons. The van der Waals surface area contributed by atoms with Crippen molar-refractivity contribution in [1.82, 2.24) is 9.97 Å². The number of nitrogens with zero attached hydrogens (tertiary/aromatic N) is 2. The number of anilines is 2. The van der Waals surface area contributed by atoms with Crippen LogP contribution in [0, 0.1) is 17.1 Å². The highest BCUT2D eigenvalue weighted by atomic mass is 19.3. The molecule has 0 spiro atoms. The minimum Gasteiger partial charge on any atom is -0.390 e. The number of H-pyrrole nitrogens is 1.